The van der Waals surface area contributed by atoms with E-state index in [2.05, 4.69) is 9.99 Å². The summed E-state index contributed by atoms with van der Waals surface area (Å²) in [6.07, 6.45) is 1.19. The fraction of sp³-hybridized carbons (Fsp3) is 0.0769. The van der Waals surface area contributed by atoms with E-state index < -0.39 is 10.9 Å². The van der Waals surface area contributed by atoms with Crippen LogP contribution in [-0.4, -0.2) is 17.1 Å². The van der Waals surface area contributed by atoms with Gasteiger partial charge in [-0.2, -0.15) is 0 Å². The Morgan fingerprint density at radius 2 is 2.19 bits per heavy atom. The number of furan rings is 1. The van der Waals surface area contributed by atoms with Crippen molar-refractivity contribution < 1.29 is 19.0 Å². The molecule has 0 bridgehead atoms. The molecule has 0 spiro atoms. The third-order valence-electron chi connectivity index (χ3n) is 2.41. The van der Waals surface area contributed by atoms with Crippen molar-refractivity contribution in [2.75, 3.05) is 0 Å². The molecule has 0 aliphatic rings. The quantitative estimate of drug-likeness (QED) is 0.373. The maximum atomic E-state index is 11.0. The Morgan fingerprint density at radius 1 is 1.43 bits per heavy atom. The second kappa shape index (κ2) is 6.19. The molecule has 0 fully saturated rings. The minimum atomic E-state index is -0.564. The molecule has 0 radical (unpaired) electrons. The maximum Gasteiger partial charge on any atom is 0.331 e. The first-order valence-electron chi connectivity index (χ1n) is 5.72. The van der Waals surface area contributed by atoms with Crippen molar-refractivity contribution in [1.82, 2.24) is 0 Å². The van der Waals surface area contributed by atoms with Crippen LogP contribution in [0.2, 0.25) is 5.02 Å². The molecule has 108 valence electrons. The van der Waals surface area contributed by atoms with Crippen LogP contribution in [0.25, 0.3) is 11.3 Å². The van der Waals surface area contributed by atoms with Gasteiger partial charge in [-0.3, -0.25) is 10.1 Å². The number of carbonyl (C=O) groups excluding carboxylic acids is 1. The van der Waals surface area contributed by atoms with Gasteiger partial charge in [-0.25, -0.2) is 4.79 Å². The van der Waals surface area contributed by atoms with Crippen molar-refractivity contribution in [3.63, 3.8) is 0 Å². The molecule has 8 heteroatoms. The summed E-state index contributed by atoms with van der Waals surface area (Å²) in [4.78, 5) is 25.4. The van der Waals surface area contributed by atoms with Crippen LogP contribution in [0.1, 0.15) is 12.7 Å². The molecule has 1 aromatic heterocycles. The van der Waals surface area contributed by atoms with Gasteiger partial charge in [-0.1, -0.05) is 16.8 Å². The van der Waals surface area contributed by atoms with Crippen molar-refractivity contribution >= 4 is 29.5 Å². The summed E-state index contributed by atoms with van der Waals surface area (Å²) in [6.45, 7) is 1.21. The fourth-order valence-electron chi connectivity index (χ4n) is 1.58. The number of oxime groups is 1. The van der Waals surface area contributed by atoms with Crippen LogP contribution in [0, 0.1) is 10.1 Å². The SMILES string of the molecule is CC(=O)O/N=C\c1ccc(-c2ccc(Cl)cc2[N+](=O)[O-])o1. The maximum absolute atomic E-state index is 11.0. The minimum absolute atomic E-state index is 0.166. The van der Waals surface area contributed by atoms with E-state index in [0.29, 0.717) is 0 Å². The van der Waals surface area contributed by atoms with Crippen molar-refractivity contribution in [2.24, 2.45) is 5.16 Å². The monoisotopic (exact) mass is 308 g/mol. The Bertz CT molecular complexity index is 723. The van der Waals surface area contributed by atoms with E-state index in [0.717, 1.165) is 0 Å². The lowest BCUT2D eigenvalue weighted by Gasteiger charge is -2.00. The molecular formula is C13H9ClN2O5. The zero-order chi connectivity index (χ0) is 15.4. The van der Waals surface area contributed by atoms with Gasteiger partial charge in [0, 0.05) is 18.0 Å². The average molecular weight is 309 g/mol. The number of halogens is 1. The molecular weight excluding hydrogens is 300 g/mol. The number of carbonyl (C=O) groups is 1. The molecule has 0 saturated heterocycles. The molecule has 7 nitrogen and oxygen atoms in total. The summed E-state index contributed by atoms with van der Waals surface area (Å²) in [6, 6.07) is 7.35. The van der Waals surface area contributed by atoms with Crippen LogP contribution in [0.5, 0.6) is 0 Å². The summed E-state index contributed by atoms with van der Waals surface area (Å²) >= 11 is 5.75. The molecule has 1 aromatic carbocycles. The standard InChI is InChI=1S/C13H9ClN2O5/c1-8(17)21-15-7-10-3-5-13(20-10)11-4-2-9(14)6-12(11)16(18)19/h2-7H,1H3/b15-7-. The molecule has 0 amide bonds. The highest BCUT2D eigenvalue weighted by molar-refractivity contribution is 6.30. The molecule has 0 atom stereocenters. The van der Waals surface area contributed by atoms with Crippen molar-refractivity contribution in [3.8, 4) is 11.3 Å². The number of rotatable bonds is 4. The van der Waals surface area contributed by atoms with Crippen LogP contribution in [0.4, 0.5) is 5.69 Å². The highest BCUT2D eigenvalue weighted by Crippen LogP contribution is 2.33. The molecule has 0 unspecified atom stereocenters. The average Bonchev–Trinajstić information content (AvgIpc) is 2.86. The van der Waals surface area contributed by atoms with Gasteiger partial charge < -0.3 is 9.25 Å². The molecule has 0 saturated carbocycles. The predicted octanol–water partition coefficient (Wildman–Crippen LogP) is 3.41. The van der Waals surface area contributed by atoms with Gasteiger partial charge in [-0.15, -0.1) is 0 Å². The normalized spacial score (nSPS) is 10.8. The third kappa shape index (κ3) is 3.67. The predicted molar refractivity (Wildman–Crippen MR) is 75.2 cm³/mol. The first-order valence-corrected chi connectivity index (χ1v) is 6.10. The van der Waals surface area contributed by atoms with Crippen LogP contribution < -0.4 is 0 Å². The molecule has 21 heavy (non-hydrogen) atoms. The zero-order valence-corrected chi connectivity index (χ0v) is 11.5. The smallest absolute Gasteiger partial charge is 0.331 e. The van der Waals surface area contributed by atoms with Gasteiger partial charge in [0.05, 0.1) is 10.5 Å². The highest BCUT2D eigenvalue weighted by Gasteiger charge is 2.18. The summed E-state index contributed by atoms with van der Waals surface area (Å²) in [5.41, 5.74) is 0.122. The van der Waals surface area contributed by atoms with Crippen LogP contribution in [0.3, 0.4) is 0 Å². The van der Waals surface area contributed by atoms with E-state index in [-0.39, 0.29) is 27.8 Å². The van der Waals surface area contributed by atoms with Crippen LogP contribution >= 0.6 is 11.6 Å². The van der Waals surface area contributed by atoms with Crippen LogP contribution in [0.15, 0.2) is 39.9 Å². The fourth-order valence-corrected chi connectivity index (χ4v) is 1.75. The minimum Gasteiger partial charge on any atom is -0.455 e. The van der Waals surface area contributed by atoms with E-state index in [1.54, 1.807) is 12.1 Å². The lowest BCUT2D eigenvalue weighted by Crippen LogP contribution is -1.91. The van der Waals surface area contributed by atoms with Gasteiger partial charge >= 0.3 is 5.97 Å². The Hall–Kier alpha value is -2.67. The van der Waals surface area contributed by atoms with Gasteiger partial charge in [0.15, 0.2) is 0 Å². The second-order valence-corrected chi connectivity index (χ2v) is 4.37. The number of hydrogen-bond donors (Lipinski definition) is 0. The third-order valence-corrected chi connectivity index (χ3v) is 2.65. The Morgan fingerprint density at radius 3 is 2.86 bits per heavy atom. The first kappa shape index (κ1) is 14.7. The number of nitro groups is 1. The van der Waals surface area contributed by atoms with Gasteiger partial charge in [0.2, 0.25) is 0 Å². The topological polar surface area (TPSA) is 94.9 Å². The van der Waals surface area contributed by atoms with Crippen molar-refractivity contribution in [1.29, 1.82) is 0 Å². The summed E-state index contributed by atoms with van der Waals surface area (Å²) in [5, 5.41) is 14.7. The number of benzene rings is 1. The lowest BCUT2D eigenvalue weighted by molar-refractivity contribution is -0.384. The van der Waals surface area contributed by atoms with Gasteiger partial charge in [0.25, 0.3) is 5.69 Å². The molecule has 0 N–H and O–H groups in total. The highest BCUT2D eigenvalue weighted by atomic mass is 35.5. The summed E-state index contributed by atoms with van der Waals surface area (Å²) < 4.78 is 5.39. The van der Waals surface area contributed by atoms with E-state index >= 15 is 0 Å². The molecule has 2 aromatic rings. The van der Waals surface area contributed by atoms with Gasteiger partial charge in [-0.05, 0) is 24.3 Å². The van der Waals surface area contributed by atoms with E-state index in [4.69, 9.17) is 16.0 Å². The molecule has 0 aliphatic heterocycles. The zero-order valence-electron chi connectivity index (χ0n) is 10.8. The number of nitro benzene ring substituents is 1. The summed E-state index contributed by atoms with van der Waals surface area (Å²) in [5.74, 6) is 0.00417. The van der Waals surface area contributed by atoms with Crippen LogP contribution in [-0.2, 0) is 9.63 Å². The number of hydrogen-bond acceptors (Lipinski definition) is 6. The Balaban J connectivity index is 2.31. The Labute approximate surface area is 123 Å². The molecule has 1 heterocycles. The summed E-state index contributed by atoms with van der Waals surface area (Å²) in [7, 11) is 0. The molecule has 2 rings (SSSR count). The largest absolute Gasteiger partial charge is 0.455 e. The van der Waals surface area contributed by atoms with E-state index in [1.807, 2.05) is 0 Å². The first-order chi connectivity index (χ1) is 9.97. The van der Waals surface area contributed by atoms with E-state index in [1.165, 1.54) is 31.3 Å². The number of nitrogens with zero attached hydrogens (tertiary/aromatic N) is 2. The van der Waals surface area contributed by atoms with Crippen molar-refractivity contribution in [3.05, 3.63) is 51.2 Å². The van der Waals surface area contributed by atoms with Crippen molar-refractivity contribution in [2.45, 2.75) is 6.92 Å². The van der Waals surface area contributed by atoms with E-state index in [9.17, 15) is 14.9 Å². The Kier molecular flexibility index (Phi) is 4.34. The second-order valence-electron chi connectivity index (χ2n) is 3.94. The lowest BCUT2D eigenvalue weighted by atomic mass is 10.1. The van der Waals surface area contributed by atoms with Gasteiger partial charge in [0.1, 0.15) is 17.7 Å². The molecule has 0 aliphatic carbocycles.